The fourth-order valence-corrected chi connectivity index (χ4v) is 3.03. The molecule has 32 heavy (non-hydrogen) atoms. The van der Waals surface area contributed by atoms with Crippen LogP contribution in [0.4, 0.5) is 29.2 Å². The van der Waals surface area contributed by atoms with E-state index in [0.29, 0.717) is 5.56 Å². The van der Waals surface area contributed by atoms with E-state index in [1.165, 1.54) is 12.1 Å². The van der Waals surface area contributed by atoms with E-state index in [4.69, 9.17) is 5.73 Å². The maximum atomic E-state index is 14.8. The highest BCUT2D eigenvalue weighted by molar-refractivity contribution is 5.76. The summed E-state index contributed by atoms with van der Waals surface area (Å²) in [6, 6.07) is 11.2. The monoisotopic (exact) mass is 447 g/mol. The van der Waals surface area contributed by atoms with Gasteiger partial charge in [0.25, 0.3) is 0 Å². The number of nitrogens with two attached hydrogens (primary N) is 1. The predicted molar refractivity (Wildman–Crippen MR) is 112 cm³/mol. The zero-order valence-electron chi connectivity index (χ0n) is 17.1. The van der Waals surface area contributed by atoms with Crippen molar-refractivity contribution in [1.82, 2.24) is 9.97 Å². The number of hydrogen-bond acceptors (Lipinski definition) is 5. The Morgan fingerprint density at radius 3 is 2.38 bits per heavy atom. The summed E-state index contributed by atoms with van der Waals surface area (Å²) in [5.74, 6) is -1.38. The molecule has 0 aliphatic heterocycles. The molecule has 1 amide bonds. The molecular formula is C22H21F4N5O. The van der Waals surface area contributed by atoms with Crippen LogP contribution in [0.2, 0.25) is 0 Å². The molecule has 0 fully saturated rings. The summed E-state index contributed by atoms with van der Waals surface area (Å²) >= 11 is 0. The van der Waals surface area contributed by atoms with Crippen LogP contribution in [0.25, 0.3) is 0 Å². The van der Waals surface area contributed by atoms with E-state index in [9.17, 15) is 22.4 Å². The Morgan fingerprint density at radius 2 is 1.72 bits per heavy atom. The van der Waals surface area contributed by atoms with Crippen LogP contribution < -0.4 is 16.4 Å². The minimum Gasteiger partial charge on any atom is -0.369 e. The van der Waals surface area contributed by atoms with Crippen molar-refractivity contribution in [2.75, 3.05) is 10.6 Å². The van der Waals surface area contributed by atoms with Crippen molar-refractivity contribution in [2.24, 2.45) is 5.73 Å². The first-order valence-corrected chi connectivity index (χ1v) is 9.67. The Balaban J connectivity index is 1.68. The van der Waals surface area contributed by atoms with Gasteiger partial charge < -0.3 is 16.4 Å². The van der Waals surface area contributed by atoms with Gasteiger partial charge in [-0.25, -0.2) is 9.97 Å². The van der Waals surface area contributed by atoms with Crippen LogP contribution in [0.3, 0.4) is 0 Å². The number of carbonyl (C=O) groups excluding carboxylic acids is 1. The van der Waals surface area contributed by atoms with Crippen LogP contribution in [-0.4, -0.2) is 15.9 Å². The number of aromatic nitrogens is 2. The fourth-order valence-electron chi connectivity index (χ4n) is 3.03. The van der Waals surface area contributed by atoms with Gasteiger partial charge in [-0.2, -0.15) is 17.6 Å². The highest BCUT2D eigenvalue weighted by atomic mass is 19.4. The SMILES string of the molecule is CC(Nc1ncnc(NCc2ccc(CC(N)=O)cc2)c1F)c1cccc(C(F)(F)F)c1. The van der Waals surface area contributed by atoms with Gasteiger partial charge in [0.1, 0.15) is 6.33 Å². The lowest BCUT2D eigenvalue weighted by molar-refractivity contribution is -0.137. The normalized spacial score (nSPS) is 12.3. The zero-order valence-corrected chi connectivity index (χ0v) is 17.1. The molecular weight excluding hydrogens is 426 g/mol. The second kappa shape index (κ2) is 9.63. The fraction of sp³-hybridized carbons (Fsp3) is 0.227. The van der Waals surface area contributed by atoms with Crippen LogP contribution in [0.15, 0.2) is 54.9 Å². The molecule has 0 saturated carbocycles. The molecule has 1 atom stereocenters. The maximum absolute atomic E-state index is 14.8. The molecule has 4 N–H and O–H groups in total. The van der Waals surface area contributed by atoms with Crippen molar-refractivity contribution in [1.29, 1.82) is 0 Å². The summed E-state index contributed by atoms with van der Waals surface area (Å²) < 4.78 is 53.7. The van der Waals surface area contributed by atoms with E-state index in [2.05, 4.69) is 20.6 Å². The van der Waals surface area contributed by atoms with E-state index >= 15 is 0 Å². The van der Waals surface area contributed by atoms with Gasteiger partial charge in [-0.1, -0.05) is 36.4 Å². The molecule has 10 heteroatoms. The second-order valence-electron chi connectivity index (χ2n) is 7.19. The third-order valence-corrected chi connectivity index (χ3v) is 4.72. The van der Waals surface area contributed by atoms with Crippen LogP contribution in [0.1, 0.15) is 35.2 Å². The molecule has 2 aromatic carbocycles. The second-order valence-corrected chi connectivity index (χ2v) is 7.19. The number of amides is 1. The van der Waals surface area contributed by atoms with Crippen molar-refractivity contribution in [3.63, 3.8) is 0 Å². The number of halogens is 4. The molecule has 1 unspecified atom stereocenters. The summed E-state index contributed by atoms with van der Waals surface area (Å²) in [5, 5.41) is 5.66. The van der Waals surface area contributed by atoms with Gasteiger partial charge in [0.15, 0.2) is 11.6 Å². The summed E-state index contributed by atoms with van der Waals surface area (Å²) in [5.41, 5.74) is 6.31. The molecule has 1 heterocycles. The number of hydrogen-bond donors (Lipinski definition) is 3. The standard InChI is InChI=1S/C22H21F4N5O/c1-13(16-3-2-4-17(10-16)22(24,25)26)31-21-19(23)20(29-12-30-21)28-11-15-7-5-14(6-8-15)9-18(27)32/h2-8,10,12-13H,9,11H2,1H3,(H2,27,32)(H2,28,29,30,31). The van der Waals surface area contributed by atoms with Crippen molar-refractivity contribution >= 4 is 17.5 Å². The molecule has 0 radical (unpaired) electrons. The summed E-state index contributed by atoms with van der Waals surface area (Å²) in [4.78, 5) is 18.7. The van der Waals surface area contributed by atoms with Crippen molar-refractivity contribution in [3.05, 3.63) is 82.9 Å². The first kappa shape index (κ1) is 23.0. The van der Waals surface area contributed by atoms with Crippen molar-refractivity contribution < 1.29 is 22.4 Å². The van der Waals surface area contributed by atoms with Crippen LogP contribution in [0.5, 0.6) is 0 Å². The molecule has 0 aliphatic carbocycles. The molecule has 1 aromatic heterocycles. The molecule has 168 valence electrons. The number of alkyl halides is 3. The number of rotatable bonds is 8. The zero-order chi connectivity index (χ0) is 23.3. The first-order chi connectivity index (χ1) is 15.1. The van der Waals surface area contributed by atoms with E-state index in [0.717, 1.165) is 29.6 Å². The minimum absolute atomic E-state index is 0.0556. The van der Waals surface area contributed by atoms with Gasteiger partial charge in [-0.05, 0) is 35.7 Å². The van der Waals surface area contributed by atoms with Gasteiger partial charge in [-0.15, -0.1) is 0 Å². The van der Waals surface area contributed by atoms with Gasteiger partial charge in [0.05, 0.1) is 18.0 Å². The third-order valence-electron chi connectivity index (χ3n) is 4.72. The summed E-state index contributed by atoms with van der Waals surface area (Å²) in [6.45, 7) is 1.87. The molecule has 0 saturated heterocycles. The Kier molecular flexibility index (Phi) is 6.92. The Labute approximate surface area is 181 Å². The average molecular weight is 447 g/mol. The first-order valence-electron chi connectivity index (χ1n) is 9.67. The molecule has 3 rings (SSSR count). The molecule has 6 nitrogen and oxygen atoms in total. The summed E-state index contributed by atoms with van der Waals surface area (Å²) in [6.07, 6.45) is -3.18. The van der Waals surface area contributed by atoms with Crippen molar-refractivity contribution in [2.45, 2.75) is 32.1 Å². The van der Waals surface area contributed by atoms with E-state index < -0.39 is 29.5 Å². The van der Waals surface area contributed by atoms with E-state index in [1.807, 2.05) is 0 Å². The van der Waals surface area contributed by atoms with E-state index in [-0.39, 0.29) is 24.6 Å². The maximum Gasteiger partial charge on any atom is 0.416 e. The average Bonchev–Trinajstić information content (AvgIpc) is 2.74. The van der Waals surface area contributed by atoms with Crippen LogP contribution in [-0.2, 0) is 23.9 Å². The lowest BCUT2D eigenvalue weighted by Gasteiger charge is -2.18. The summed E-state index contributed by atoms with van der Waals surface area (Å²) in [7, 11) is 0. The lowest BCUT2D eigenvalue weighted by atomic mass is 10.0. The lowest BCUT2D eigenvalue weighted by Crippen LogP contribution is -2.14. The molecule has 0 aliphatic rings. The number of benzene rings is 2. The number of nitrogens with zero attached hydrogens (tertiary/aromatic N) is 2. The Morgan fingerprint density at radius 1 is 1.06 bits per heavy atom. The highest BCUT2D eigenvalue weighted by Crippen LogP contribution is 2.31. The largest absolute Gasteiger partial charge is 0.416 e. The molecule has 0 spiro atoms. The van der Waals surface area contributed by atoms with Gasteiger partial charge in [-0.3, -0.25) is 4.79 Å². The number of carbonyl (C=O) groups is 1. The van der Waals surface area contributed by atoms with Gasteiger partial charge >= 0.3 is 6.18 Å². The number of anilines is 2. The van der Waals surface area contributed by atoms with Crippen LogP contribution in [0, 0.1) is 5.82 Å². The highest BCUT2D eigenvalue weighted by Gasteiger charge is 2.30. The van der Waals surface area contributed by atoms with Crippen molar-refractivity contribution in [3.8, 4) is 0 Å². The predicted octanol–water partition coefficient (Wildman–Crippen LogP) is 4.45. The Bertz CT molecular complexity index is 1090. The molecule has 3 aromatic rings. The van der Waals surface area contributed by atoms with Gasteiger partial charge in [0.2, 0.25) is 11.7 Å². The Hall–Kier alpha value is -3.69. The topological polar surface area (TPSA) is 92.9 Å². The van der Waals surface area contributed by atoms with Gasteiger partial charge in [0, 0.05) is 6.54 Å². The third kappa shape index (κ3) is 5.93. The molecule has 0 bridgehead atoms. The van der Waals surface area contributed by atoms with E-state index in [1.54, 1.807) is 31.2 Å². The van der Waals surface area contributed by atoms with Crippen LogP contribution >= 0.6 is 0 Å². The number of nitrogens with one attached hydrogen (secondary N) is 2. The smallest absolute Gasteiger partial charge is 0.369 e. The number of primary amides is 1. The quantitative estimate of drug-likeness (QED) is 0.444. The minimum atomic E-state index is -4.47.